The lowest BCUT2D eigenvalue weighted by atomic mass is 9.99. The Hall–Kier alpha value is -3.65. The Balaban J connectivity index is 1.71. The van der Waals surface area contributed by atoms with Gasteiger partial charge in [0.1, 0.15) is 0 Å². The summed E-state index contributed by atoms with van der Waals surface area (Å²) in [5, 5.41) is 0. The second-order valence-corrected chi connectivity index (χ2v) is 9.18. The van der Waals surface area contributed by atoms with E-state index in [0.29, 0.717) is 0 Å². The molecule has 0 radical (unpaired) electrons. The normalized spacial score (nSPS) is 12.5. The zero-order chi connectivity index (χ0) is 23.1. The Labute approximate surface area is 197 Å². The molecular weight excluding hydrogens is 400 g/mol. The van der Waals surface area contributed by atoms with Crippen LogP contribution in [0.25, 0.3) is 16.8 Å². The third-order valence-electron chi connectivity index (χ3n) is 6.79. The van der Waals surface area contributed by atoms with E-state index in [1.807, 2.05) is 6.20 Å². The van der Waals surface area contributed by atoms with Gasteiger partial charge < -0.3 is 4.90 Å². The van der Waals surface area contributed by atoms with E-state index in [4.69, 9.17) is 4.98 Å². The minimum absolute atomic E-state index is 0.998. The summed E-state index contributed by atoms with van der Waals surface area (Å²) in [4.78, 5) is 7.19. The Kier molecular flexibility index (Phi) is 5.38. The standard InChI is InChI=1S/C31H30N2/c1-20-12-13-25-14-15-26(18-28(20)25)29-19-27(16-17-32-29)33(30-21(2)8-6-9-22(30)3)31-23(4)10-7-11-24(31)5/h6-12,14-19H,13H2,1-5H3. The van der Waals surface area contributed by atoms with Gasteiger partial charge in [0.2, 0.25) is 0 Å². The van der Waals surface area contributed by atoms with E-state index in [1.54, 1.807) is 0 Å². The average molecular weight is 431 g/mol. The van der Waals surface area contributed by atoms with Crippen LogP contribution in [-0.4, -0.2) is 4.98 Å². The molecule has 1 heterocycles. The highest BCUT2D eigenvalue weighted by Crippen LogP contribution is 2.42. The number of fused-ring (bicyclic) bond motifs is 1. The van der Waals surface area contributed by atoms with E-state index < -0.39 is 0 Å². The Bertz CT molecular complexity index is 1300. The van der Waals surface area contributed by atoms with Crippen molar-refractivity contribution in [3.63, 3.8) is 0 Å². The summed E-state index contributed by atoms with van der Waals surface area (Å²) in [6.45, 7) is 11.0. The van der Waals surface area contributed by atoms with Crippen molar-refractivity contribution in [1.29, 1.82) is 0 Å². The molecule has 2 heteroatoms. The van der Waals surface area contributed by atoms with Crippen LogP contribution in [0.1, 0.15) is 40.3 Å². The van der Waals surface area contributed by atoms with Crippen LogP contribution < -0.4 is 4.90 Å². The van der Waals surface area contributed by atoms with Crippen LogP contribution in [0.2, 0.25) is 0 Å². The monoisotopic (exact) mass is 430 g/mol. The fraction of sp³-hybridized carbons (Fsp3) is 0.194. The van der Waals surface area contributed by atoms with Crippen LogP contribution in [0.3, 0.4) is 0 Å². The van der Waals surface area contributed by atoms with Crippen molar-refractivity contribution in [1.82, 2.24) is 4.98 Å². The maximum Gasteiger partial charge on any atom is 0.0723 e. The molecule has 0 amide bonds. The molecule has 1 aliphatic rings. The Morgan fingerprint density at radius 3 is 1.91 bits per heavy atom. The van der Waals surface area contributed by atoms with Crippen LogP contribution in [0.4, 0.5) is 17.1 Å². The zero-order valence-electron chi connectivity index (χ0n) is 20.1. The maximum atomic E-state index is 4.77. The first-order valence-electron chi connectivity index (χ1n) is 11.6. The highest BCUT2D eigenvalue weighted by atomic mass is 15.2. The molecule has 0 unspecified atom stereocenters. The summed E-state index contributed by atoms with van der Waals surface area (Å²) in [7, 11) is 0. The lowest BCUT2D eigenvalue weighted by Crippen LogP contribution is -2.15. The van der Waals surface area contributed by atoms with Gasteiger partial charge in [0.05, 0.1) is 17.1 Å². The van der Waals surface area contributed by atoms with Crippen molar-refractivity contribution in [2.45, 2.75) is 41.0 Å². The van der Waals surface area contributed by atoms with Gasteiger partial charge in [-0.2, -0.15) is 0 Å². The Morgan fingerprint density at radius 2 is 1.30 bits per heavy atom. The first kappa shape index (κ1) is 21.2. The number of hydrogen-bond donors (Lipinski definition) is 0. The minimum Gasteiger partial charge on any atom is -0.309 e. The summed E-state index contributed by atoms with van der Waals surface area (Å²) in [5.74, 6) is 0. The molecule has 0 atom stereocenters. The minimum atomic E-state index is 0.998. The summed E-state index contributed by atoms with van der Waals surface area (Å²) >= 11 is 0. The van der Waals surface area contributed by atoms with E-state index in [9.17, 15) is 0 Å². The second kappa shape index (κ2) is 8.37. The van der Waals surface area contributed by atoms with Gasteiger partial charge in [-0.25, -0.2) is 0 Å². The van der Waals surface area contributed by atoms with Gasteiger partial charge in [-0.15, -0.1) is 0 Å². The summed E-state index contributed by atoms with van der Waals surface area (Å²) in [6.07, 6.45) is 5.28. The van der Waals surface area contributed by atoms with Gasteiger partial charge in [-0.05, 0) is 98.2 Å². The van der Waals surface area contributed by atoms with E-state index in [0.717, 1.165) is 23.4 Å². The molecule has 5 rings (SSSR count). The van der Waals surface area contributed by atoms with Crippen LogP contribution in [0, 0.1) is 27.7 Å². The fourth-order valence-electron chi connectivity index (χ4n) is 5.06. The number of para-hydroxylation sites is 2. The number of nitrogens with zero attached hydrogens (tertiary/aromatic N) is 2. The quantitative estimate of drug-likeness (QED) is 0.323. The lowest BCUT2D eigenvalue weighted by Gasteiger charge is -2.31. The van der Waals surface area contributed by atoms with Gasteiger partial charge in [-0.1, -0.05) is 54.6 Å². The largest absolute Gasteiger partial charge is 0.309 e. The molecule has 4 aromatic rings. The third-order valence-corrected chi connectivity index (χ3v) is 6.79. The molecule has 0 fully saturated rings. The van der Waals surface area contributed by atoms with Gasteiger partial charge in [0.25, 0.3) is 0 Å². The molecule has 0 spiro atoms. The molecule has 3 aromatic carbocycles. The van der Waals surface area contributed by atoms with Crippen molar-refractivity contribution in [3.05, 3.63) is 112 Å². The Morgan fingerprint density at radius 1 is 0.697 bits per heavy atom. The summed E-state index contributed by atoms with van der Waals surface area (Å²) in [5.41, 5.74) is 14.9. The van der Waals surface area contributed by atoms with Crippen LogP contribution in [0.5, 0.6) is 0 Å². The van der Waals surface area contributed by atoms with Gasteiger partial charge in [-0.3, -0.25) is 4.98 Å². The number of benzene rings is 3. The van der Waals surface area contributed by atoms with E-state index in [2.05, 4.69) is 112 Å². The summed E-state index contributed by atoms with van der Waals surface area (Å²) < 4.78 is 0. The first-order chi connectivity index (χ1) is 15.9. The smallest absolute Gasteiger partial charge is 0.0723 e. The molecule has 164 valence electrons. The van der Waals surface area contributed by atoms with Crippen molar-refractivity contribution in [3.8, 4) is 11.3 Å². The molecule has 0 bridgehead atoms. The van der Waals surface area contributed by atoms with Crippen molar-refractivity contribution >= 4 is 22.6 Å². The lowest BCUT2D eigenvalue weighted by molar-refractivity contribution is 1.17. The molecular formula is C31H30N2. The summed E-state index contributed by atoms with van der Waals surface area (Å²) in [6, 6.07) is 24.2. The predicted octanol–water partition coefficient (Wildman–Crippen LogP) is 8.41. The number of rotatable bonds is 4. The number of hydrogen-bond acceptors (Lipinski definition) is 2. The van der Waals surface area contributed by atoms with E-state index in [-0.39, 0.29) is 0 Å². The molecule has 0 N–H and O–H groups in total. The van der Waals surface area contributed by atoms with Crippen molar-refractivity contribution < 1.29 is 0 Å². The zero-order valence-corrected chi connectivity index (χ0v) is 20.1. The number of allylic oxidation sites excluding steroid dienone is 2. The second-order valence-electron chi connectivity index (χ2n) is 9.18. The van der Waals surface area contributed by atoms with Gasteiger partial charge in [0, 0.05) is 17.4 Å². The van der Waals surface area contributed by atoms with Crippen LogP contribution in [-0.2, 0) is 6.42 Å². The predicted molar refractivity (Wildman–Crippen MR) is 141 cm³/mol. The van der Waals surface area contributed by atoms with E-state index >= 15 is 0 Å². The fourth-order valence-corrected chi connectivity index (χ4v) is 5.06. The highest BCUT2D eigenvalue weighted by Gasteiger charge is 2.21. The number of anilines is 3. The number of pyridine rings is 1. The van der Waals surface area contributed by atoms with Crippen molar-refractivity contribution in [2.75, 3.05) is 4.90 Å². The maximum absolute atomic E-state index is 4.77. The molecule has 2 nitrogen and oxygen atoms in total. The van der Waals surface area contributed by atoms with Crippen LogP contribution in [0.15, 0.2) is 79.0 Å². The van der Waals surface area contributed by atoms with Gasteiger partial charge in [0.15, 0.2) is 0 Å². The third kappa shape index (κ3) is 3.76. The molecule has 0 saturated carbocycles. The first-order valence-corrected chi connectivity index (χ1v) is 11.6. The molecule has 0 saturated heterocycles. The topological polar surface area (TPSA) is 16.1 Å². The SMILES string of the molecule is CC1=CCc2ccc(-c3cc(N(c4c(C)cccc4C)c4c(C)cccc4C)ccn3)cc21. The number of aryl methyl sites for hydroxylation is 4. The van der Waals surface area contributed by atoms with E-state index in [1.165, 1.54) is 50.3 Å². The number of aromatic nitrogens is 1. The van der Waals surface area contributed by atoms with Crippen molar-refractivity contribution in [2.24, 2.45) is 0 Å². The molecule has 33 heavy (non-hydrogen) atoms. The highest BCUT2D eigenvalue weighted by molar-refractivity contribution is 5.85. The molecule has 1 aliphatic carbocycles. The molecule has 0 aliphatic heterocycles. The average Bonchev–Trinajstić information content (AvgIpc) is 3.18. The molecule has 1 aromatic heterocycles. The van der Waals surface area contributed by atoms with Gasteiger partial charge >= 0.3 is 0 Å². The van der Waals surface area contributed by atoms with Crippen LogP contribution >= 0.6 is 0 Å².